The largest absolute Gasteiger partial charge is 0.481 e. The number of carboxylic acid groups (broad SMARTS) is 1. The Morgan fingerprint density at radius 3 is 2.87 bits per heavy atom. The van der Waals surface area contributed by atoms with E-state index in [9.17, 15) is 4.79 Å². The quantitative estimate of drug-likeness (QED) is 0.810. The molecule has 0 atom stereocenters. The first-order chi connectivity index (χ1) is 7.16. The Balaban J connectivity index is 2.60. The van der Waals surface area contributed by atoms with Gasteiger partial charge in [0.05, 0.1) is 11.9 Å². The van der Waals surface area contributed by atoms with Crippen LogP contribution in [-0.2, 0) is 11.2 Å². The zero-order valence-electron chi connectivity index (χ0n) is 8.40. The monoisotopic (exact) mass is 201 g/mol. The number of benzene rings is 1. The van der Waals surface area contributed by atoms with Crippen molar-refractivity contribution in [2.45, 2.75) is 13.3 Å². The molecule has 76 valence electrons. The molecular weight excluding hydrogens is 190 g/mol. The molecule has 0 bridgehead atoms. The van der Waals surface area contributed by atoms with Crippen LogP contribution in [0.25, 0.3) is 10.9 Å². The number of nitrogens with zero attached hydrogens (tertiary/aromatic N) is 1. The number of hydrogen-bond donors (Lipinski definition) is 1. The van der Waals surface area contributed by atoms with Gasteiger partial charge in [-0.05, 0) is 24.6 Å². The van der Waals surface area contributed by atoms with Gasteiger partial charge in [-0.25, -0.2) is 0 Å². The lowest BCUT2D eigenvalue weighted by Crippen LogP contribution is -2.00. The second kappa shape index (κ2) is 3.69. The highest BCUT2D eigenvalue weighted by Crippen LogP contribution is 2.17. The van der Waals surface area contributed by atoms with E-state index in [-0.39, 0.29) is 6.42 Å². The van der Waals surface area contributed by atoms with Crippen LogP contribution < -0.4 is 0 Å². The minimum absolute atomic E-state index is 0.0437. The van der Waals surface area contributed by atoms with E-state index >= 15 is 0 Å². The number of aryl methyl sites for hydroxylation is 1. The molecular formula is C12H11NO2. The molecule has 0 spiro atoms. The fourth-order valence-corrected chi connectivity index (χ4v) is 1.64. The Morgan fingerprint density at radius 2 is 2.13 bits per heavy atom. The number of pyridine rings is 1. The van der Waals surface area contributed by atoms with Gasteiger partial charge in [0.25, 0.3) is 0 Å². The summed E-state index contributed by atoms with van der Waals surface area (Å²) in [5, 5.41) is 9.68. The van der Waals surface area contributed by atoms with E-state index in [0.717, 1.165) is 22.2 Å². The number of aromatic nitrogens is 1. The van der Waals surface area contributed by atoms with Crippen molar-refractivity contribution in [2.75, 3.05) is 0 Å². The van der Waals surface area contributed by atoms with Crippen LogP contribution in [0.2, 0.25) is 0 Å². The topological polar surface area (TPSA) is 50.2 Å². The van der Waals surface area contributed by atoms with Crippen LogP contribution in [0.4, 0.5) is 0 Å². The van der Waals surface area contributed by atoms with E-state index in [1.807, 2.05) is 37.3 Å². The van der Waals surface area contributed by atoms with Gasteiger partial charge in [-0.2, -0.15) is 0 Å². The van der Waals surface area contributed by atoms with Gasteiger partial charge in [0.1, 0.15) is 0 Å². The highest BCUT2D eigenvalue weighted by atomic mass is 16.4. The van der Waals surface area contributed by atoms with E-state index < -0.39 is 5.97 Å². The summed E-state index contributed by atoms with van der Waals surface area (Å²) < 4.78 is 0. The third-order valence-corrected chi connectivity index (χ3v) is 2.30. The van der Waals surface area contributed by atoms with Crippen LogP contribution in [0, 0.1) is 6.92 Å². The van der Waals surface area contributed by atoms with Crippen molar-refractivity contribution in [1.29, 1.82) is 0 Å². The second-order valence-corrected chi connectivity index (χ2v) is 3.51. The molecule has 0 unspecified atom stereocenters. The fraction of sp³-hybridized carbons (Fsp3) is 0.167. The lowest BCUT2D eigenvalue weighted by Gasteiger charge is -2.03. The highest BCUT2D eigenvalue weighted by molar-refractivity contribution is 5.86. The Labute approximate surface area is 87.4 Å². The van der Waals surface area contributed by atoms with Crippen LogP contribution in [0.5, 0.6) is 0 Å². The summed E-state index contributed by atoms with van der Waals surface area (Å²) in [5.74, 6) is -0.817. The third kappa shape index (κ3) is 1.96. The predicted octanol–water partition coefficient (Wildman–Crippen LogP) is 2.17. The molecule has 0 aliphatic rings. The van der Waals surface area contributed by atoms with Crippen molar-refractivity contribution in [1.82, 2.24) is 4.98 Å². The number of aliphatic carboxylic acids is 1. The van der Waals surface area contributed by atoms with Crippen molar-refractivity contribution in [2.24, 2.45) is 0 Å². The summed E-state index contributed by atoms with van der Waals surface area (Å²) in [6.07, 6.45) is 0.0437. The molecule has 1 aromatic heterocycles. The van der Waals surface area contributed by atoms with Gasteiger partial charge < -0.3 is 5.11 Å². The van der Waals surface area contributed by atoms with Crippen LogP contribution in [0.1, 0.15) is 11.3 Å². The summed E-state index contributed by atoms with van der Waals surface area (Å²) >= 11 is 0. The number of rotatable bonds is 2. The average Bonchev–Trinajstić information content (AvgIpc) is 2.16. The Kier molecular flexibility index (Phi) is 2.37. The molecule has 0 saturated carbocycles. The minimum atomic E-state index is -0.817. The average molecular weight is 201 g/mol. The molecule has 2 rings (SSSR count). The smallest absolute Gasteiger partial charge is 0.307 e. The molecule has 1 aromatic carbocycles. The normalized spacial score (nSPS) is 10.5. The Morgan fingerprint density at radius 1 is 1.33 bits per heavy atom. The van der Waals surface area contributed by atoms with Crippen LogP contribution in [0.3, 0.4) is 0 Å². The first-order valence-corrected chi connectivity index (χ1v) is 4.74. The van der Waals surface area contributed by atoms with Gasteiger partial charge in [0, 0.05) is 11.1 Å². The summed E-state index contributed by atoms with van der Waals surface area (Å²) in [4.78, 5) is 15.0. The van der Waals surface area contributed by atoms with Gasteiger partial charge in [0.2, 0.25) is 0 Å². The first-order valence-electron chi connectivity index (χ1n) is 4.74. The molecule has 0 saturated heterocycles. The van der Waals surface area contributed by atoms with Crippen LogP contribution in [-0.4, -0.2) is 16.1 Å². The fourth-order valence-electron chi connectivity index (χ4n) is 1.64. The van der Waals surface area contributed by atoms with Crippen molar-refractivity contribution < 1.29 is 9.90 Å². The van der Waals surface area contributed by atoms with Gasteiger partial charge in [-0.15, -0.1) is 0 Å². The van der Waals surface area contributed by atoms with E-state index in [1.54, 1.807) is 0 Å². The summed E-state index contributed by atoms with van der Waals surface area (Å²) in [6, 6.07) is 9.39. The van der Waals surface area contributed by atoms with E-state index in [0.29, 0.717) is 0 Å². The van der Waals surface area contributed by atoms with Crippen molar-refractivity contribution in [3.05, 3.63) is 41.6 Å². The molecule has 3 heteroatoms. The summed E-state index contributed by atoms with van der Waals surface area (Å²) in [6.45, 7) is 1.92. The maximum Gasteiger partial charge on any atom is 0.307 e. The maximum absolute atomic E-state index is 10.7. The lowest BCUT2D eigenvalue weighted by molar-refractivity contribution is -0.136. The van der Waals surface area contributed by atoms with Gasteiger partial charge in [0.15, 0.2) is 0 Å². The molecule has 0 radical (unpaired) electrons. The summed E-state index contributed by atoms with van der Waals surface area (Å²) in [7, 11) is 0. The third-order valence-electron chi connectivity index (χ3n) is 2.30. The molecule has 0 aliphatic carbocycles. The summed E-state index contributed by atoms with van der Waals surface area (Å²) in [5.41, 5.74) is 2.61. The standard InChI is InChI=1S/C12H11NO2/c1-8-5-6-10-9(7-12(14)15)3-2-4-11(10)13-8/h2-6H,7H2,1H3,(H,14,15). The zero-order chi connectivity index (χ0) is 10.8. The molecule has 1 N–H and O–H groups in total. The lowest BCUT2D eigenvalue weighted by atomic mass is 10.1. The molecule has 15 heavy (non-hydrogen) atoms. The molecule has 0 fully saturated rings. The van der Waals surface area contributed by atoms with Crippen LogP contribution in [0.15, 0.2) is 30.3 Å². The SMILES string of the molecule is Cc1ccc2c(CC(=O)O)cccc2n1. The molecule has 3 nitrogen and oxygen atoms in total. The van der Waals surface area contributed by atoms with Crippen molar-refractivity contribution >= 4 is 16.9 Å². The number of carboxylic acids is 1. The van der Waals surface area contributed by atoms with E-state index in [4.69, 9.17) is 5.11 Å². The van der Waals surface area contributed by atoms with Gasteiger partial charge in [-0.1, -0.05) is 18.2 Å². The first kappa shape index (κ1) is 9.65. The van der Waals surface area contributed by atoms with Crippen molar-refractivity contribution in [3.8, 4) is 0 Å². The van der Waals surface area contributed by atoms with Crippen molar-refractivity contribution in [3.63, 3.8) is 0 Å². The van der Waals surface area contributed by atoms with E-state index in [1.165, 1.54) is 0 Å². The minimum Gasteiger partial charge on any atom is -0.481 e. The Bertz CT molecular complexity index is 520. The molecule has 1 heterocycles. The highest BCUT2D eigenvalue weighted by Gasteiger charge is 2.05. The number of fused-ring (bicyclic) bond motifs is 1. The predicted molar refractivity (Wildman–Crippen MR) is 57.8 cm³/mol. The molecule has 0 amide bonds. The number of hydrogen-bond acceptors (Lipinski definition) is 2. The molecule has 0 aliphatic heterocycles. The van der Waals surface area contributed by atoms with Gasteiger partial charge in [-0.3, -0.25) is 9.78 Å². The van der Waals surface area contributed by atoms with E-state index in [2.05, 4.69) is 4.98 Å². The van der Waals surface area contributed by atoms with Gasteiger partial charge >= 0.3 is 5.97 Å². The number of carbonyl (C=O) groups is 1. The van der Waals surface area contributed by atoms with Crippen LogP contribution >= 0.6 is 0 Å². The molecule has 2 aromatic rings. The Hall–Kier alpha value is -1.90. The second-order valence-electron chi connectivity index (χ2n) is 3.51. The maximum atomic E-state index is 10.7. The zero-order valence-corrected chi connectivity index (χ0v) is 8.40.